The number of amides is 1. The average Bonchev–Trinajstić information content (AvgIpc) is 2.64. The standard InChI is InChI=1S/C21H26N2O3/c1-2-11-25-20-10-6-9-17(14-20)22-18-12-19(13-18)23-21(24)26-15-16-7-4-3-5-8-16/h3-10,14,18-19,22H,2,11-13,15H2,1H3,(H,23,24). The Morgan fingerprint density at radius 2 is 1.88 bits per heavy atom. The fraction of sp³-hybridized carbons (Fsp3) is 0.381. The topological polar surface area (TPSA) is 59.6 Å². The summed E-state index contributed by atoms with van der Waals surface area (Å²) < 4.78 is 10.9. The van der Waals surface area contributed by atoms with Crippen LogP contribution in [0.5, 0.6) is 5.75 Å². The summed E-state index contributed by atoms with van der Waals surface area (Å²) in [6, 6.07) is 18.2. The molecule has 0 aromatic heterocycles. The summed E-state index contributed by atoms with van der Waals surface area (Å²) in [5.41, 5.74) is 2.04. The van der Waals surface area contributed by atoms with Crippen LogP contribution >= 0.6 is 0 Å². The molecule has 0 saturated heterocycles. The third-order valence-electron chi connectivity index (χ3n) is 4.35. The second-order valence-electron chi connectivity index (χ2n) is 6.59. The van der Waals surface area contributed by atoms with Crippen LogP contribution in [0.4, 0.5) is 10.5 Å². The Hall–Kier alpha value is -2.69. The third-order valence-corrected chi connectivity index (χ3v) is 4.35. The van der Waals surface area contributed by atoms with Crippen molar-refractivity contribution < 1.29 is 14.3 Å². The van der Waals surface area contributed by atoms with Gasteiger partial charge in [-0.1, -0.05) is 43.3 Å². The van der Waals surface area contributed by atoms with Crippen molar-refractivity contribution in [2.75, 3.05) is 11.9 Å². The van der Waals surface area contributed by atoms with Gasteiger partial charge < -0.3 is 20.1 Å². The number of nitrogens with one attached hydrogen (secondary N) is 2. The first-order chi connectivity index (χ1) is 12.7. The molecule has 3 rings (SSSR count). The van der Waals surface area contributed by atoms with Gasteiger partial charge in [0.15, 0.2) is 0 Å². The molecule has 0 bridgehead atoms. The number of ether oxygens (including phenoxy) is 2. The van der Waals surface area contributed by atoms with Crippen LogP contribution in [0, 0.1) is 0 Å². The van der Waals surface area contributed by atoms with Gasteiger partial charge in [-0.3, -0.25) is 0 Å². The highest BCUT2D eigenvalue weighted by Gasteiger charge is 2.30. The van der Waals surface area contributed by atoms with Gasteiger partial charge in [0.05, 0.1) is 6.61 Å². The van der Waals surface area contributed by atoms with E-state index in [-0.39, 0.29) is 12.1 Å². The van der Waals surface area contributed by atoms with Crippen molar-refractivity contribution >= 4 is 11.8 Å². The zero-order valence-electron chi connectivity index (χ0n) is 15.1. The second kappa shape index (κ2) is 9.13. The van der Waals surface area contributed by atoms with Gasteiger partial charge in [-0.05, 0) is 37.0 Å². The molecule has 2 aromatic carbocycles. The number of hydrogen-bond donors (Lipinski definition) is 2. The molecule has 0 spiro atoms. The van der Waals surface area contributed by atoms with E-state index in [9.17, 15) is 4.79 Å². The van der Waals surface area contributed by atoms with Crippen molar-refractivity contribution in [2.45, 2.75) is 44.9 Å². The smallest absolute Gasteiger partial charge is 0.407 e. The van der Waals surface area contributed by atoms with E-state index in [1.165, 1.54) is 0 Å². The van der Waals surface area contributed by atoms with Crippen LogP contribution in [0.25, 0.3) is 0 Å². The zero-order chi connectivity index (χ0) is 18.2. The van der Waals surface area contributed by atoms with E-state index in [0.717, 1.165) is 42.9 Å². The maximum absolute atomic E-state index is 11.9. The molecule has 0 atom stereocenters. The highest BCUT2D eigenvalue weighted by atomic mass is 16.5. The van der Waals surface area contributed by atoms with Gasteiger partial charge in [0, 0.05) is 23.8 Å². The number of alkyl carbamates (subject to hydrolysis) is 1. The van der Waals surface area contributed by atoms with Gasteiger partial charge in [0.1, 0.15) is 12.4 Å². The van der Waals surface area contributed by atoms with Crippen molar-refractivity contribution in [3.05, 3.63) is 60.2 Å². The summed E-state index contributed by atoms with van der Waals surface area (Å²) >= 11 is 0. The van der Waals surface area contributed by atoms with E-state index in [4.69, 9.17) is 9.47 Å². The fourth-order valence-corrected chi connectivity index (χ4v) is 2.92. The second-order valence-corrected chi connectivity index (χ2v) is 6.59. The van der Waals surface area contributed by atoms with Crippen molar-refractivity contribution in [1.82, 2.24) is 5.32 Å². The SMILES string of the molecule is CCCOc1cccc(NC2CC(NC(=O)OCc3ccccc3)C2)c1. The Morgan fingerprint density at radius 1 is 1.08 bits per heavy atom. The van der Waals surface area contributed by atoms with Crippen molar-refractivity contribution in [3.8, 4) is 5.75 Å². The third kappa shape index (κ3) is 5.41. The summed E-state index contributed by atoms with van der Waals surface area (Å²) in [7, 11) is 0. The Kier molecular flexibility index (Phi) is 6.36. The largest absolute Gasteiger partial charge is 0.494 e. The molecule has 138 valence electrons. The first kappa shape index (κ1) is 18.1. The minimum atomic E-state index is -0.354. The summed E-state index contributed by atoms with van der Waals surface area (Å²) in [6.45, 7) is 3.12. The first-order valence-corrected chi connectivity index (χ1v) is 9.19. The zero-order valence-corrected chi connectivity index (χ0v) is 15.1. The molecule has 2 N–H and O–H groups in total. The summed E-state index contributed by atoms with van der Waals surface area (Å²) in [6.07, 6.45) is 2.42. The number of anilines is 1. The molecule has 1 fully saturated rings. The highest BCUT2D eigenvalue weighted by Crippen LogP contribution is 2.26. The van der Waals surface area contributed by atoms with E-state index in [1.54, 1.807) is 0 Å². The lowest BCUT2D eigenvalue weighted by Gasteiger charge is -2.36. The number of carbonyl (C=O) groups excluding carboxylic acids is 1. The van der Waals surface area contributed by atoms with Gasteiger partial charge in [-0.15, -0.1) is 0 Å². The minimum Gasteiger partial charge on any atom is -0.494 e. The van der Waals surface area contributed by atoms with Crippen molar-refractivity contribution in [1.29, 1.82) is 0 Å². The molecule has 1 amide bonds. The molecule has 1 aliphatic rings. The van der Waals surface area contributed by atoms with Crippen LogP contribution in [0.15, 0.2) is 54.6 Å². The van der Waals surface area contributed by atoms with Crippen LogP contribution < -0.4 is 15.4 Å². The quantitative estimate of drug-likeness (QED) is 0.740. The number of carbonyl (C=O) groups is 1. The molecule has 5 heteroatoms. The molecule has 0 aliphatic heterocycles. The molecule has 5 nitrogen and oxygen atoms in total. The van der Waals surface area contributed by atoms with Crippen molar-refractivity contribution in [3.63, 3.8) is 0 Å². The minimum absolute atomic E-state index is 0.162. The van der Waals surface area contributed by atoms with Crippen LogP contribution in [-0.4, -0.2) is 24.8 Å². The van der Waals surface area contributed by atoms with Crippen LogP contribution in [-0.2, 0) is 11.3 Å². The van der Waals surface area contributed by atoms with Crippen LogP contribution in [0.1, 0.15) is 31.7 Å². The Balaban J connectivity index is 1.36. The van der Waals surface area contributed by atoms with Gasteiger partial charge in [-0.2, -0.15) is 0 Å². The van der Waals surface area contributed by atoms with E-state index in [2.05, 4.69) is 17.6 Å². The molecule has 26 heavy (non-hydrogen) atoms. The summed E-state index contributed by atoms with van der Waals surface area (Å²) in [4.78, 5) is 11.9. The molecule has 2 aromatic rings. The van der Waals surface area contributed by atoms with Gasteiger partial charge >= 0.3 is 6.09 Å². The maximum atomic E-state index is 11.9. The average molecular weight is 354 g/mol. The van der Waals surface area contributed by atoms with E-state index < -0.39 is 0 Å². The lowest BCUT2D eigenvalue weighted by Crippen LogP contribution is -2.49. The van der Waals surface area contributed by atoms with Gasteiger partial charge in [0.2, 0.25) is 0 Å². The molecular weight excluding hydrogens is 328 g/mol. The van der Waals surface area contributed by atoms with Gasteiger partial charge in [0.25, 0.3) is 0 Å². The summed E-state index contributed by atoms with van der Waals surface area (Å²) in [5, 5.41) is 6.40. The fourth-order valence-electron chi connectivity index (χ4n) is 2.92. The highest BCUT2D eigenvalue weighted by molar-refractivity contribution is 5.67. The Labute approximate surface area is 154 Å². The molecule has 0 unspecified atom stereocenters. The van der Waals surface area contributed by atoms with Crippen molar-refractivity contribution in [2.24, 2.45) is 0 Å². The predicted octanol–water partition coefficient (Wildman–Crippen LogP) is 4.34. The predicted molar refractivity (Wildman–Crippen MR) is 102 cm³/mol. The monoisotopic (exact) mass is 354 g/mol. The lowest BCUT2D eigenvalue weighted by molar-refractivity contribution is 0.129. The maximum Gasteiger partial charge on any atom is 0.407 e. The number of rotatable bonds is 8. The van der Waals surface area contributed by atoms with Crippen LogP contribution in [0.3, 0.4) is 0 Å². The molecule has 0 heterocycles. The molecule has 1 aliphatic carbocycles. The summed E-state index contributed by atoms with van der Waals surface area (Å²) in [5.74, 6) is 0.885. The number of benzene rings is 2. The van der Waals surface area contributed by atoms with E-state index in [1.807, 2.05) is 54.6 Å². The van der Waals surface area contributed by atoms with E-state index in [0.29, 0.717) is 12.6 Å². The number of hydrogen-bond acceptors (Lipinski definition) is 4. The molecular formula is C21H26N2O3. The lowest BCUT2D eigenvalue weighted by atomic mass is 9.86. The van der Waals surface area contributed by atoms with E-state index >= 15 is 0 Å². The van der Waals surface area contributed by atoms with Gasteiger partial charge in [-0.25, -0.2) is 4.79 Å². The Morgan fingerprint density at radius 3 is 2.65 bits per heavy atom. The Bertz CT molecular complexity index is 699. The first-order valence-electron chi connectivity index (χ1n) is 9.19. The molecule has 1 saturated carbocycles. The molecule has 0 radical (unpaired) electrons. The van der Waals surface area contributed by atoms with Crippen LogP contribution in [0.2, 0.25) is 0 Å². The normalized spacial score (nSPS) is 18.5.